The molecule has 0 spiro atoms. The van der Waals surface area contributed by atoms with Gasteiger partial charge in [-0.3, -0.25) is 14.7 Å². The summed E-state index contributed by atoms with van der Waals surface area (Å²) in [5.41, 5.74) is 8.71. The summed E-state index contributed by atoms with van der Waals surface area (Å²) in [6.07, 6.45) is 6.22. The van der Waals surface area contributed by atoms with Gasteiger partial charge in [-0.1, -0.05) is 36.0 Å². The van der Waals surface area contributed by atoms with Crippen molar-refractivity contribution >= 4 is 35.5 Å². The van der Waals surface area contributed by atoms with E-state index in [1.165, 1.54) is 6.07 Å². The molecule has 3 rings (SSSR count). The second-order valence-corrected chi connectivity index (χ2v) is 6.01. The van der Waals surface area contributed by atoms with Crippen LogP contribution in [0.25, 0.3) is 5.69 Å². The summed E-state index contributed by atoms with van der Waals surface area (Å²) >= 11 is 1.57. The van der Waals surface area contributed by atoms with Gasteiger partial charge in [0.25, 0.3) is 5.69 Å². The van der Waals surface area contributed by atoms with Crippen LogP contribution in [0.3, 0.4) is 0 Å². The van der Waals surface area contributed by atoms with E-state index in [0.29, 0.717) is 6.42 Å². The number of nitro groups is 1. The standard InChI is InChI=1S/C17H16N4O2S.ClH/c1-24-17-19-8-9-20(17)15-5-3-2-4-13(15)10-12-6-7-14(18)16(11-12)21(22)23;/h2-9,11H,10,18H2,1H3;1H. The molecule has 0 radical (unpaired) electrons. The van der Waals surface area contributed by atoms with Gasteiger partial charge in [0, 0.05) is 18.5 Å². The fourth-order valence-corrected chi connectivity index (χ4v) is 3.12. The summed E-state index contributed by atoms with van der Waals surface area (Å²) in [5.74, 6) is 0. The minimum atomic E-state index is -0.452. The first-order chi connectivity index (χ1) is 11.6. The number of aromatic nitrogens is 2. The van der Waals surface area contributed by atoms with Crippen LogP contribution in [-0.2, 0) is 6.42 Å². The van der Waals surface area contributed by atoms with Crippen LogP contribution in [0.2, 0.25) is 0 Å². The number of thioether (sulfide) groups is 1. The molecule has 25 heavy (non-hydrogen) atoms. The Balaban J connectivity index is 0.00000225. The van der Waals surface area contributed by atoms with E-state index in [1.54, 1.807) is 24.0 Å². The van der Waals surface area contributed by atoms with Crippen molar-refractivity contribution in [2.45, 2.75) is 11.6 Å². The molecule has 1 aromatic heterocycles. The third kappa shape index (κ3) is 3.94. The highest BCUT2D eigenvalue weighted by molar-refractivity contribution is 7.98. The lowest BCUT2D eigenvalue weighted by Gasteiger charge is -2.12. The predicted octanol–water partition coefficient (Wildman–Crippen LogP) is 4.10. The molecule has 0 aliphatic heterocycles. The molecule has 6 nitrogen and oxygen atoms in total. The number of para-hydroxylation sites is 1. The zero-order valence-corrected chi connectivity index (χ0v) is 15.1. The largest absolute Gasteiger partial charge is 0.393 e. The summed E-state index contributed by atoms with van der Waals surface area (Å²) < 4.78 is 2.02. The van der Waals surface area contributed by atoms with Crippen LogP contribution in [0.4, 0.5) is 11.4 Å². The number of nitrogen functional groups attached to an aromatic ring is 1. The molecule has 0 unspecified atom stereocenters. The van der Waals surface area contributed by atoms with Gasteiger partial charge in [0.1, 0.15) is 5.69 Å². The molecule has 0 atom stereocenters. The Hall–Kier alpha value is -2.51. The summed E-state index contributed by atoms with van der Waals surface area (Å²) in [7, 11) is 0. The number of rotatable bonds is 5. The zero-order chi connectivity index (χ0) is 17.1. The first-order valence-corrected chi connectivity index (χ1v) is 8.51. The van der Waals surface area contributed by atoms with Gasteiger partial charge >= 0.3 is 0 Å². The van der Waals surface area contributed by atoms with Crippen molar-refractivity contribution in [3.05, 3.63) is 76.1 Å². The van der Waals surface area contributed by atoms with Gasteiger partial charge in [0.05, 0.1) is 10.6 Å². The average molecular weight is 377 g/mol. The minimum Gasteiger partial charge on any atom is -0.393 e. The van der Waals surface area contributed by atoms with E-state index < -0.39 is 4.92 Å². The molecule has 2 N–H and O–H groups in total. The van der Waals surface area contributed by atoms with E-state index in [9.17, 15) is 10.1 Å². The summed E-state index contributed by atoms with van der Waals surface area (Å²) in [6.45, 7) is 0. The Labute approximate surface area is 155 Å². The number of nitrogens with zero attached hydrogens (tertiary/aromatic N) is 3. The first-order valence-electron chi connectivity index (χ1n) is 7.28. The highest BCUT2D eigenvalue weighted by Gasteiger charge is 2.14. The third-order valence-electron chi connectivity index (χ3n) is 3.73. The van der Waals surface area contributed by atoms with Gasteiger partial charge in [0.15, 0.2) is 5.16 Å². The Kier molecular flexibility index (Phi) is 6.06. The molecular weight excluding hydrogens is 360 g/mol. The quantitative estimate of drug-likeness (QED) is 0.313. The highest BCUT2D eigenvalue weighted by atomic mass is 35.5. The van der Waals surface area contributed by atoms with Crippen LogP contribution in [0.5, 0.6) is 0 Å². The Bertz CT molecular complexity index is 898. The molecule has 0 saturated carbocycles. The van der Waals surface area contributed by atoms with Crippen molar-refractivity contribution in [2.24, 2.45) is 0 Å². The maximum Gasteiger partial charge on any atom is 0.292 e. The maximum absolute atomic E-state index is 11.1. The number of benzene rings is 2. The molecule has 0 amide bonds. The molecule has 1 heterocycles. The van der Waals surface area contributed by atoms with Gasteiger partial charge in [-0.05, 0) is 35.9 Å². The molecule has 0 saturated heterocycles. The fourth-order valence-electron chi connectivity index (χ4n) is 2.60. The van der Waals surface area contributed by atoms with Crippen LogP contribution < -0.4 is 5.73 Å². The molecular formula is C17H17ClN4O2S. The van der Waals surface area contributed by atoms with E-state index in [4.69, 9.17) is 5.73 Å². The SMILES string of the molecule is CSc1nccn1-c1ccccc1Cc1ccc(N)c([N+](=O)[O-])c1.Cl. The summed E-state index contributed by atoms with van der Waals surface area (Å²) in [6, 6.07) is 12.9. The molecule has 3 aromatic rings. The Morgan fingerprint density at radius 1 is 1.28 bits per heavy atom. The molecule has 0 fully saturated rings. The van der Waals surface area contributed by atoms with Gasteiger partial charge < -0.3 is 5.73 Å². The molecule has 0 aliphatic carbocycles. The van der Waals surface area contributed by atoms with Crippen molar-refractivity contribution in [1.82, 2.24) is 9.55 Å². The number of hydrogen-bond acceptors (Lipinski definition) is 5. The van der Waals surface area contributed by atoms with Gasteiger partial charge in [-0.15, -0.1) is 12.4 Å². The fraction of sp³-hybridized carbons (Fsp3) is 0.118. The molecule has 2 aromatic carbocycles. The number of hydrogen-bond donors (Lipinski definition) is 1. The monoisotopic (exact) mass is 376 g/mol. The third-order valence-corrected chi connectivity index (χ3v) is 4.39. The van der Waals surface area contributed by atoms with E-state index in [-0.39, 0.29) is 23.8 Å². The number of halogens is 1. The normalized spacial score (nSPS) is 10.3. The zero-order valence-electron chi connectivity index (χ0n) is 13.5. The lowest BCUT2D eigenvalue weighted by atomic mass is 10.0. The van der Waals surface area contributed by atoms with E-state index in [2.05, 4.69) is 4.98 Å². The van der Waals surface area contributed by atoms with Crippen LogP contribution in [0.15, 0.2) is 60.0 Å². The van der Waals surface area contributed by atoms with Crippen LogP contribution in [0.1, 0.15) is 11.1 Å². The smallest absolute Gasteiger partial charge is 0.292 e. The van der Waals surface area contributed by atoms with E-state index in [1.807, 2.05) is 47.4 Å². The number of nitrogens with two attached hydrogens (primary N) is 1. The highest BCUT2D eigenvalue weighted by Crippen LogP contribution is 2.27. The topological polar surface area (TPSA) is 87.0 Å². The average Bonchev–Trinajstić information content (AvgIpc) is 3.05. The summed E-state index contributed by atoms with van der Waals surface area (Å²) in [4.78, 5) is 15.0. The second kappa shape index (κ2) is 8.04. The van der Waals surface area contributed by atoms with Crippen LogP contribution in [0, 0.1) is 10.1 Å². The van der Waals surface area contributed by atoms with Crippen molar-refractivity contribution < 1.29 is 4.92 Å². The lowest BCUT2D eigenvalue weighted by molar-refractivity contribution is -0.383. The van der Waals surface area contributed by atoms with Crippen LogP contribution in [-0.4, -0.2) is 20.7 Å². The number of nitro benzene ring substituents is 1. The predicted molar refractivity (Wildman–Crippen MR) is 103 cm³/mol. The number of anilines is 1. The summed E-state index contributed by atoms with van der Waals surface area (Å²) in [5, 5.41) is 12.0. The first kappa shape index (κ1) is 18.8. The Morgan fingerprint density at radius 3 is 2.76 bits per heavy atom. The second-order valence-electron chi connectivity index (χ2n) is 5.24. The molecule has 0 bridgehead atoms. The molecule has 8 heteroatoms. The maximum atomic E-state index is 11.1. The minimum absolute atomic E-state index is 0. The molecule has 130 valence electrons. The molecule has 0 aliphatic rings. The van der Waals surface area contributed by atoms with Gasteiger partial charge in [0.2, 0.25) is 0 Å². The van der Waals surface area contributed by atoms with Crippen molar-refractivity contribution in [3.63, 3.8) is 0 Å². The lowest BCUT2D eigenvalue weighted by Crippen LogP contribution is -2.02. The van der Waals surface area contributed by atoms with Gasteiger partial charge in [-0.2, -0.15) is 0 Å². The van der Waals surface area contributed by atoms with E-state index in [0.717, 1.165) is 22.0 Å². The van der Waals surface area contributed by atoms with Gasteiger partial charge in [-0.25, -0.2) is 4.98 Å². The van der Waals surface area contributed by atoms with Crippen molar-refractivity contribution in [1.29, 1.82) is 0 Å². The van der Waals surface area contributed by atoms with Crippen molar-refractivity contribution in [2.75, 3.05) is 12.0 Å². The van der Waals surface area contributed by atoms with Crippen molar-refractivity contribution in [3.8, 4) is 5.69 Å². The van der Waals surface area contributed by atoms with E-state index >= 15 is 0 Å². The Morgan fingerprint density at radius 2 is 2.04 bits per heavy atom. The number of imidazole rings is 1. The van der Waals surface area contributed by atoms with Crippen LogP contribution >= 0.6 is 24.2 Å².